The summed E-state index contributed by atoms with van der Waals surface area (Å²) in [6, 6.07) is 11.3. The Hall–Kier alpha value is -2.34. The Kier molecular flexibility index (Phi) is 4.09. The van der Waals surface area contributed by atoms with Gasteiger partial charge in [-0.2, -0.15) is 8.42 Å². The highest BCUT2D eigenvalue weighted by molar-refractivity contribution is 7.87. The largest absolute Gasteiger partial charge is 0.379 e. The van der Waals surface area contributed by atoms with Crippen LogP contribution in [0.25, 0.3) is 0 Å². The van der Waals surface area contributed by atoms with Crippen molar-refractivity contribution >= 4 is 21.7 Å². The van der Waals surface area contributed by atoms with Crippen LogP contribution in [-0.2, 0) is 27.8 Å². The highest BCUT2D eigenvalue weighted by Crippen LogP contribution is 2.28. The van der Waals surface area contributed by atoms with Crippen molar-refractivity contribution in [2.24, 2.45) is 0 Å². The molecule has 120 valence electrons. The first-order valence-corrected chi connectivity index (χ1v) is 8.79. The summed E-state index contributed by atoms with van der Waals surface area (Å²) >= 11 is 0. The second-order valence-corrected chi connectivity index (χ2v) is 7.07. The summed E-state index contributed by atoms with van der Waals surface area (Å²) in [6.45, 7) is 1.39. The quantitative estimate of drug-likeness (QED) is 0.874. The van der Waals surface area contributed by atoms with Gasteiger partial charge in [-0.15, -0.1) is 0 Å². The molecule has 0 spiro atoms. The number of amides is 1. The van der Waals surface area contributed by atoms with E-state index in [9.17, 15) is 13.2 Å². The maximum absolute atomic E-state index is 12.3. The van der Waals surface area contributed by atoms with E-state index in [1.807, 2.05) is 6.07 Å². The van der Waals surface area contributed by atoms with Gasteiger partial charge in [0.1, 0.15) is 10.6 Å². The lowest BCUT2D eigenvalue weighted by Gasteiger charge is -2.09. The zero-order valence-electron chi connectivity index (χ0n) is 12.7. The summed E-state index contributed by atoms with van der Waals surface area (Å²) in [7, 11) is -3.89. The van der Waals surface area contributed by atoms with Crippen molar-refractivity contribution in [1.82, 2.24) is 0 Å². The number of fused-ring (bicyclic) bond motifs is 1. The fourth-order valence-corrected chi connectivity index (χ4v) is 3.61. The normalized spacial score (nSPS) is 13.4. The molecule has 1 N–H and O–H groups in total. The molecule has 0 aliphatic heterocycles. The van der Waals surface area contributed by atoms with Crippen LogP contribution in [-0.4, -0.2) is 14.3 Å². The summed E-state index contributed by atoms with van der Waals surface area (Å²) in [6.07, 6.45) is 3.08. The molecule has 23 heavy (non-hydrogen) atoms. The molecular formula is C17H17NO4S. The molecule has 2 aromatic carbocycles. The maximum Gasteiger partial charge on any atom is 0.339 e. The van der Waals surface area contributed by atoms with Crippen LogP contribution < -0.4 is 9.50 Å². The zero-order valence-corrected chi connectivity index (χ0v) is 13.5. The molecule has 0 saturated heterocycles. The Bertz CT molecular complexity index is 841. The van der Waals surface area contributed by atoms with E-state index in [1.165, 1.54) is 36.8 Å². The van der Waals surface area contributed by atoms with E-state index in [-0.39, 0.29) is 10.8 Å². The Morgan fingerprint density at radius 3 is 2.43 bits per heavy atom. The van der Waals surface area contributed by atoms with Gasteiger partial charge in [-0.25, -0.2) is 0 Å². The molecular weight excluding hydrogens is 314 g/mol. The second-order valence-electron chi connectivity index (χ2n) is 5.53. The topological polar surface area (TPSA) is 72.5 Å². The van der Waals surface area contributed by atoms with Gasteiger partial charge in [0.15, 0.2) is 0 Å². The van der Waals surface area contributed by atoms with Gasteiger partial charge in [0.2, 0.25) is 5.91 Å². The maximum atomic E-state index is 12.3. The van der Waals surface area contributed by atoms with Crippen LogP contribution in [0, 0.1) is 0 Å². The third-order valence-electron chi connectivity index (χ3n) is 3.74. The average Bonchev–Trinajstić information content (AvgIpc) is 2.94. The van der Waals surface area contributed by atoms with Gasteiger partial charge in [0, 0.05) is 12.6 Å². The monoisotopic (exact) mass is 331 g/mol. The lowest BCUT2D eigenvalue weighted by atomic mass is 10.1. The van der Waals surface area contributed by atoms with E-state index in [1.54, 1.807) is 12.1 Å². The molecule has 0 fully saturated rings. The Morgan fingerprint density at radius 2 is 1.74 bits per heavy atom. The minimum Gasteiger partial charge on any atom is -0.379 e. The second kappa shape index (κ2) is 6.04. The van der Waals surface area contributed by atoms with Crippen LogP contribution >= 0.6 is 0 Å². The molecule has 1 aliphatic rings. The Morgan fingerprint density at radius 1 is 1.04 bits per heavy atom. The molecule has 0 saturated carbocycles. The summed E-state index contributed by atoms with van der Waals surface area (Å²) in [5, 5.41) is 2.59. The number of rotatable bonds is 4. The Balaban J connectivity index is 1.80. The third kappa shape index (κ3) is 3.53. The predicted molar refractivity (Wildman–Crippen MR) is 87.0 cm³/mol. The van der Waals surface area contributed by atoms with E-state index >= 15 is 0 Å². The van der Waals surface area contributed by atoms with Gasteiger partial charge < -0.3 is 9.50 Å². The zero-order chi connectivity index (χ0) is 16.4. The number of aryl methyl sites for hydroxylation is 2. The van der Waals surface area contributed by atoms with Crippen molar-refractivity contribution < 1.29 is 17.4 Å². The molecule has 0 radical (unpaired) electrons. The number of benzene rings is 2. The van der Waals surface area contributed by atoms with Gasteiger partial charge >= 0.3 is 10.1 Å². The van der Waals surface area contributed by atoms with Crippen molar-refractivity contribution in [3.8, 4) is 5.75 Å². The van der Waals surface area contributed by atoms with E-state index in [0.717, 1.165) is 24.8 Å². The fourth-order valence-electron chi connectivity index (χ4n) is 2.68. The van der Waals surface area contributed by atoms with Gasteiger partial charge in [-0.1, -0.05) is 6.07 Å². The highest BCUT2D eigenvalue weighted by Gasteiger charge is 2.18. The van der Waals surface area contributed by atoms with Crippen LogP contribution in [0.4, 0.5) is 5.69 Å². The average molecular weight is 331 g/mol. The molecule has 0 heterocycles. The van der Waals surface area contributed by atoms with Gasteiger partial charge in [-0.05, 0) is 66.8 Å². The van der Waals surface area contributed by atoms with Gasteiger partial charge in [0.05, 0.1) is 0 Å². The van der Waals surface area contributed by atoms with E-state index in [4.69, 9.17) is 4.18 Å². The molecule has 0 bridgehead atoms. The summed E-state index contributed by atoms with van der Waals surface area (Å²) in [5.41, 5.74) is 2.95. The first-order chi connectivity index (χ1) is 10.9. The number of nitrogens with one attached hydrogen (secondary N) is 1. The van der Waals surface area contributed by atoms with Crippen molar-refractivity contribution in [3.63, 3.8) is 0 Å². The predicted octanol–water partition coefficient (Wildman–Crippen LogP) is 2.90. The van der Waals surface area contributed by atoms with Crippen LogP contribution in [0.5, 0.6) is 5.75 Å². The molecule has 0 aromatic heterocycles. The summed E-state index contributed by atoms with van der Waals surface area (Å²) < 4.78 is 29.9. The summed E-state index contributed by atoms with van der Waals surface area (Å²) in [5.74, 6) is 0.117. The lowest BCUT2D eigenvalue weighted by molar-refractivity contribution is -0.114. The van der Waals surface area contributed by atoms with Crippen LogP contribution in [0.1, 0.15) is 24.5 Å². The van der Waals surface area contributed by atoms with E-state index in [0.29, 0.717) is 11.4 Å². The standard InChI is InChI=1S/C17H17NO4S/c1-12(19)18-15-6-9-17(10-7-15)23(20,21)22-16-8-5-13-3-2-4-14(13)11-16/h5-11H,2-4H2,1H3,(H,18,19). The number of carbonyl (C=O) groups excluding carboxylic acids is 1. The molecule has 6 heteroatoms. The first kappa shape index (κ1) is 15.6. The SMILES string of the molecule is CC(=O)Nc1ccc(S(=O)(=O)Oc2ccc3c(c2)CCC3)cc1. The minimum absolute atomic E-state index is 0.0482. The first-order valence-electron chi connectivity index (χ1n) is 7.38. The minimum atomic E-state index is -3.89. The van der Waals surface area contributed by atoms with Crippen LogP contribution in [0.2, 0.25) is 0 Å². The molecule has 1 aliphatic carbocycles. The van der Waals surface area contributed by atoms with Crippen molar-refractivity contribution in [3.05, 3.63) is 53.6 Å². The Labute approximate surface area is 135 Å². The number of carbonyl (C=O) groups is 1. The molecule has 1 amide bonds. The molecule has 0 unspecified atom stereocenters. The van der Waals surface area contributed by atoms with E-state index in [2.05, 4.69) is 5.32 Å². The number of anilines is 1. The summed E-state index contributed by atoms with van der Waals surface area (Å²) in [4.78, 5) is 11.0. The van der Waals surface area contributed by atoms with Crippen molar-refractivity contribution in [2.75, 3.05) is 5.32 Å². The number of hydrogen-bond donors (Lipinski definition) is 1. The fraction of sp³-hybridized carbons (Fsp3) is 0.235. The van der Waals surface area contributed by atoms with Crippen molar-refractivity contribution in [2.45, 2.75) is 31.1 Å². The lowest BCUT2D eigenvalue weighted by Crippen LogP contribution is -2.10. The molecule has 2 aromatic rings. The highest BCUT2D eigenvalue weighted by atomic mass is 32.2. The van der Waals surface area contributed by atoms with Crippen LogP contribution in [0.3, 0.4) is 0 Å². The van der Waals surface area contributed by atoms with Crippen LogP contribution in [0.15, 0.2) is 47.4 Å². The molecule has 0 atom stereocenters. The smallest absolute Gasteiger partial charge is 0.339 e. The van der Waals surface area contributed by atoms with Gasteiger partial charge in [0.25, 0.3) is 0 Å². The molecule has 3 rings (SSSR count). The third-order valence-corrected chi connectivity index (χ3v) is 5.00. The number of hydrogen-bond acceptors (Lipinski definition) is 4. The van der Waals surface area contributed by atoms with Gasteiger partial charge in [-0.3, -0.25) is 4.79 Å². The molecule has 5 nitrogen and oxygen atoms in total. The van der Waals surface area contributed by atoms with Crippen molar-refractivity contribution in [1.29, 1.82) is 0 Å². The van der Waals surface area contributed by atoms with E-state index < -0.39 is 10.1 Å².